The van der Waals surface area contributed by atoms with Crippen LogP contribution in [0.1, 0.15) is 27.6 Å². The second kappa shape index (κ2) is 5.70. The molecular weight excluding hydrogens is 417 g/mol. The maximum absolute atomic E-state index is 12.2. The third-order valence-electron chi connectivity index (χ3n) is 4.85. The first kappa shape index (κ1) is 15.3. The molecule has 2 atom stereocenters. The summed E-state index contributed by atoms with van der Waals surface area (Å²) in [5, 5.41) is 1.87. The van der Waals surface area contributed by atoms with Gasteiger partial charge in [-0.15, -0.1) is 0 Å². The van der Waals surface area contributed by atoms with Crippen molar-refractivity contribution in [3.05, 3.63) is 32.7 Å². The molecule has 116 valence electrons. The molecule has 0 spiro atoms. The van der Waals surface area contributed by atoms with Crippen LogP contribution in [-0.4, -0.2) is 50.9 Å². The van der Waals surface area contributed by atoms with Gasteiger partial charge in [0.05, 0.1) is 0 Å². The van der Waals surface area contributed by atoms with E-state index >= 15 is 0 Å². The Kier molecular flexibility index (Phi) is 3.80. The van der Waals surface area contributed by atoms with Gasteiger partial charge in [0.25, 0.3) is 0 Å². The van der Waals surface area contributed by atoms with E-state index in [-0.39, 0.29) is 26.0 Å². The van der Waals surface area contributed by atoms with Crippen molar-refractivity contribution in [1.29, 1.82) is 0 Å². The number of benzene rings is 1. The Hall–Kier alpha value is -1.21. The molecular formula is C16H14InNO4S. The van der Waals surface area contributed by atoms with Crippen LogP contribution in [0.25, 0.3) is 6.08 Å². The summed E-state index contributed by atoms with van der Waals surface area (Å²) < 4.78 is 7.71. The molecule has 1 aromatic carbocycles. The number of imide groups is 1. The van der Waals surface area contributed by atoms with Crippen LogP contribution in [0.3, 0.4) is 0 Å². The molecule has 3 aliphatic rings. The number of rotatable bonds is 4. The number of ether oxygens (including phenoxy) is 1. The van der Waals surface area contributed by atoms with Crippen molar-refractivity contribution in [2.24, 2.45) is 0 Å². The number of amides is 2. The van der Waals surface area contributed by atoms with Gasteiger partial charge in [0, 0.05) is 0 Å². The normalized spacial score (nSPS) is 24.0. The van der Waals surface area contributed by atoms with E-state index in [0.29, 0.717) is 12.8 Å². The van der Waals surface area contributed by atoms with E-state index in [4.69, 9.17) is 4.74 Å². The number of esters is 1. The zero-order valence-corrected chi connectivity index (χ0v) is 16.6. The van der Waals surface area contributed by atoms with Crippen molar-refractivity contribution in [3.8, 4) is 0 Å². The quantitative estimate of drug-likeness (QED) is 0.728. The molecule has 1 N–H and O–H groups in total. The van der Waals surface area contributed by atoms with Crippen molar-refractivity contribution in [3.63, 3.8) is 0 Å². The SMILES string of the molecule is COC(=O)CC[C]1=Cc2c3ccc[c]2[In]1[CH]3C1SC(=O)NC1=O. The zero-order chi connectivity index (χ0) is 16.1. The Morgan fingerprint density at radius 2 is 2.22 bits per heavy atom. The van der Waals surface area contributed by atoms with E-state index < -0.39 is 21.4 Å². The first-order chi connectivity index (χ1) is 11.1. The summed E-state index contributed by atoms with van der Waals surface area (Å²) in [5.41, 5.74) is 2.48. The molecule has 1 fully saturated rings. The average molecular weight is 431 g/mol. The number of methoxy groups -OCH3 is 1. The van der Waals surface area contributed by atoms with Gasteiger partial charge in [-0.05, 0) is 0 Å². The van der Waals surface area contributed by atoms with Crippen LogP contribution < -0.4 is 8.64 Å². The van der Waals surface area contributed by atoms with Crippen LogP contribution in [-0.2, 0) is 14.3 Å². The fourth-order valence-corrected chi connectivity index (χ4v) is 18.3. The first-order valence-corrected chi connectivity index (χ1v) is 13.6. The van der Waals surface area contributed by atoms with E-state index in [9.17, 15) is 14.4 Å². The van der Waals surface area contributed by atoms with Crippen LogP contribution in [0.2, 0.25) is 0 Å². The third-order valence-corrected chi connectivity index (χ3v) is 17.8. The van der Waals surface area contributed by atoms with Crippen molar-refractivity contribution in [2.45, 2.75) is 21.8 Å². The van der Waals surface area contributed by atoms with Crippen LogP contribution in [0, 0.1) is 0 Å². The molecule has 7 heteroatoms. The number of hydrogen-bond acceptors (Lipinski definition) is 5. The molecule has 1 aromatic rings. The minimum absolute atomic E-state index is 0.158. The fourth-order valence-electron chi connectivity index (χ4n) is 3.93. The molecule has 1 saturated heterocycles. The van der Waals surface area contributed by atoms with E-state index in [1.165, 1.54) is 24.9 Å². The molecule has 5 nitrogen and oxygen atoms in total. The van der Waals surface area contributed by atoms with Crippen molar-refractivity contribution < 1.29 is 19.1 Å². The van der Waals surface area contributed by atoms with Gasteiger partial charge in [-0.2, -0.15) is 0 Å². The number of nitrogens with one attached hydrogen (secondary N) is 1. The minimum atomic E-state index is -2.42. The van der Waals surface area contributed by atoms with Crippen LogP contribution in [0.4, 0.5) is 4.79 Å². The summed E-state index contributed by atoms with van der Waals surface area (Å²) in [6, 6.07) is 6.31. The van der Waals surface area contributed by atoms with E-state index in [1.807, 2.05) is 0 Å². The van der Waals surface area contributed by atoms with E-state index in [0.717, 1.165) is 11.8 Å². The van der Waals surface area contributed by atoms with Gasteiger partial charge in [-0.25, -0.2) is 0 Å². The third kappa shape index (κ3) is 2.36. The molecule has 2 amide bonds. The van der Waals surface area contributed by atoms with Gasteiger partial charge in [0.15, 0.2) is 0 Å². The fraction of sp³-hybridized carbons (Fsp3) is 0.312. The summed E-state index contributed by atoms with van der Waals surface area (Å²) in [5.74, 6) is -0.360. The predicted molar refractivity (Wildman–Crippen MR) is 88.7 cm³/mol. The van der Waals surface area contributed by atoms with Gasteiger partial charge in [-0.3, -0.25) is 0 Å². The van der Waals surface area contributed by atoms with Crippen molar-refractivity contribution in [1.82, 2.24) is 5.32 Å². The number of hydrogen-bond donors (Lipinski definition) is 1. The summed E-state index contributed by atoms with van der Waals surface area (Å²) in [4.78, 5) is 35.2. The Bertz CT molecular complexity index is 775. The Morgan fingerprint density at radius 1 is 1.39 bits per heavy atom. The van der Waals surface area contributed by atoms with Gasteiger partial charge in [-0.1, -0.05) is 0 Å². The molecule has 0 aliphatic carbocycles. The summed E-state index contributed by atoms with van der Waals surface area (Å²) >= 11 is -1.29. The summed E-state index contributed by atoms with van der Waals surface area (Å²) in [7, 11) is 1.40. The molecule has 0 aromatic heterocycles. The Morgan fingerprint density at radius 3 is 2.87 bits per heavy atom. The van der Waals surface area contributed by atoms with Crippen LogP contribution in [0.15, 0.2) is 21.5 Å². The Balaban J connectivity index is 1.65. The summed E-state index contributed by atoms with van der Waals surface area (Å²) in [6.45, 7) is 0. The maximum atomic E-state index is 12.2. The molecule has 23 heavy (non-hydrogen) atoms. The molecule has 4 bridgehead atoms. The second-order valence-corrected chi connectivity index (χ2v) is 15.7. The van der Waals surface area contributed by atoms with E-state index in [2.05, 4.69) is 29.6 Å². The topological polar surface area (TPSA) is 72.5 Å². The van der Waals surface area contributed by atoms with Crippen molar-refractivity contribution >= 4 is 59.7 Å². The average Bonchev–Trinajstić information content (AvgIpc) is 3.11. The second-order valence-electron chi connectivity index (χ2n) is 5.96. The molecule has 0 saturated carbocycles. The first-order valence-electron chi connectivity index (χ1n) is 7.51. The van der Waals surface area contributed by atoms with Gasteiger partial charge >= 0.3 is 146 Å². The Labute approximate surface area is 145 Å². The van der Waals surface area contributed by atoms with Gasteiger partial charge < -0.3 is 0 Å². The van der Waals surface area contributed by atoms with E-state index in [1.54, 1.807) is 0 Å². The number of carbonyl (C=O) groups excluding carboxylic acids is 3. The molecule has 0 radical (unpaired) electrons. The van der Waals surface area contributed by atoms with Gasteiger partial charge in [0.2, 0.25) is 0 Å². The van der Waals surface area contributed by atoms with Gasteiger partial charge in [0.1, 0.15) is 0 Å². The molecule has 3 heterocycles. The monoisotopic (exact) mass is 431 g/mol. The molecule has 2 unspecified atom stereocenters. The van der Waals surface area contributed by atoms with Crippen LogP contribution >= 0.6 is 11.8 Å². The zero-order valence-electron chi connectivity index (χ0n) is 12.5. The number of thioether (sulfide) groups is 1. The molecule has 3 aliphatic heterocycles. The summed E-state index contributed by atoms with van der Waals surface area (Å²) in [6.07, 6.45) is 3.32. The number of allylic oxidation sites excluding steroid dienone is 1. The predicted octanol–water partition coefficient (Wildman–Crippen LogP) is 1.27. The molecule has 4 rings (SSSR count). The number of carbonyl (C=O) groups is 3. The van der Waals surface area contributed by atoms with Crippen molar-refractivity contribution in [2.75, 3.05) is 7.11 Å². The standard InChI is InChI=1S/C16H14NO4S.In/c1-21-14(18)9-5-4-7-11-6-2-3-8-12(11)10-13-15(19)17-16(20)22-13;/h2-3,7-8,10,13H,5,9H2,1H3,(H,17,19,20);. The van der Waals surface area contributed by atoms with Crippen LogP contribution in [0.5, 0.6) is 0 Å².